The maximum Gasteiger partial charge on any atom is 0.407 e. The van der Waals surface area contributed by atoms with Crippen molar-refractivity contribution >= 4 is 11.8 Å². The highest BCUT2D eigenvalue weighted by Gasteiger charge is 1.99. The molecule has 0 aliphatic rings. The molecule has 0 aliphatic carbocycles. The molecular formula is C13H20N2O2. The van der Waals surface area contributed by atoms with E-state index in [4.69, 9.17) is 4.74 Å². The number of carbonyl (C=O) groups is 1. The smallest absolute Gasteiger partial charge is 0.407 e. The van der Waals surface area contributed by atoms with Crippen molar-refractivity contribution in [3.63, 3.8) is 0 Å². The molecule has 0 saturated heterocycles. The number of anilines is 1. The largest absolute Gasteiger partial charge is 0.450 e. The zero-order valence-corrected chi connectivity index (χ0v) is 10.7. The lowest BCUT2D eigenvalue weighted by atomic mass is 10.1. The third-order valence-electron chi connectivity index (χ3n) is 2.22. The topological polar surface area (TPSA) is 50.4 Å². The van der Waals surface area contributed by atoms with Gasteiger partial charge < -0.3 is 15.4 Å². The molecule has 0 unspecified atom stereocenters. The van der Waals surface area contributed by atoms with Crippen LogP contribution >= 0.6 is 0 Å². The number of rotatable bonds is 5. The maximum absolute atomic E-state index is 11.0. The van der Waals surface area contributed by atoms with Gasteiger partial charge in [0.25, 0.3) is 0 Å². The van der Waals surface area contributed by atoms with Gasteiger partial charge in [-0.3, -0.25) is 0 Å². The van der Waals surface area contributed by atoms with Crippen LogP contribution in [0.5, 0.6) is 0 Å². The zero-order valence-electron chi connectivity index (χ0n) is 10.7. The molecule has 0 aromatic heterocycles. The lowest BCUT2D eigenvalue weighted by Gasteiger charge is -2.09. The number of benzene rings is 1. The van der Waals surface area contributed by atoms with E-state index in [9.17, 15) is 4.79 Å². The first-order chi connectivity index (χ1) is 8.11. The molecule has 4 heteroatoms. The Balaban J connectivity index is 2.28. The van der Waals surface area contributed by atoms with Gasteiger partial charge in [0.2, 0.25) is 0 Å². The molecule has 0 atom stereocenters. The lowest BCUT2D eigenvalue weighted by molar-refractivity contribution is 0.152. The summed E-state index contributed by atoms with van der Waals surface area (Å²) >= 11 is 0. The minimum absolute atomic E-state index is 0.366. The summed E-state index contributed by atoms with van der Waals surface area (Å²) in [4.78, 5) is 11.0. The van der Waals surface area contributed by atoms with Gasteiger partial charge in [-0.2, -0.15) is 0 Å². The molecule has 0 fully saturated rings. The Morgan fingerprint density at radius 2 is 1.82 bits per heavy atom. The minimum Gasteiger partial charge on any atom is -0.450 e. The van der Waals surface area contributed by atoms with Crippen molar-refractivity contribution in [2.24, 2.45) is 0 Å². The molecule has 0 spiro atoms. The van der Waals surface area contributed by atoms with Crippen molar-refractivity contribution in [3.05, 3.63) is 29.3 Å². The van der Waals surface area contributed by atoms with Crippen LogP contribution in [0.3, 0.4) is 0 Å². The fraction of sp³-hybridized carbons (Fsp3) is 0.462. The summed E-state index contributed by atoms with van der Waals surface area (Å²) in [5, 5.41) is 5.91. The van der Waals surface area contributed by atoms with E-state index in [-0.39, 0.29) is 6.09 Å². The van der Waals surface area contributed by atoms with Gasteiger partial charge in [0, 0.05) is 18.8 Å². The van der Waals surface area contributed by atoms with Crippen LogP contribution in [0, 0.1) is 13.8 Å². The molecule has 0 heterocycles. The predicted octanol–water partition coefficient (Wildman–Crippen LogP) is 2.46. The van der Waals surface area contributed by atoms with Gasteiger partial charge >= 0.3 is 6.09 Å². The van der Waals surface area contributed by atoms with Gasteiger partial charge in [-0.1, -0.05) is 6.07 Å². The fourth-order valence-corrected chi connectivity index (χ4v) is 1.63. The monoisotopic (exact) mass is 236 g/mol. The first-order valence-corrected chi connectivity index (χ1v) is 5.84. The summed E-state index contributed by atoms with van der Waals surface area (Å²) in [6.45, 7) is 7.54. The number of hydrogen-bond donors (Lipinski definition) is 2. The first-order valence-electron chi connectivity index (χ1n) is 5.84. The van der Waals surface area contributed by atoms with E-state index in [2.05, 4.69) is 42.7 Å². The van der Waals surface area contributed by atoms with Crippen LogP contribution in [0.25, 0.3) is 0 Å². The molecule has 1 aromatic carbocycles. The van der Waals surface area contributed by atoms with E-state index in [1.54, 1.807) is 6.92 Å². The molecule has 1 aromatic rings. The summed E-state index contributed by atoms with van der Waals surface area (Å²) in [6, 6.07) is 6.29. The second-order valence-electron chi connectivity index (χ2n) is 3.95. The van der Waals surface area contributed by atoms with Crippen molar-refractivity contribution in [1.29, 1.82) is 0 Å². The van der Waals surface area contributed by atoms with Crippen LogP contribution in [0.1, 0.15) is 18.1 Å². The Bertz CT molecular complexity index is 357. The molecule has 4 nitrogen and oxygen atoms in total. The fourth-order valence-electron chi connectivity index (χ4n) is 1.63. The Labute approximate surface area is 102 Å². The van der Waals surface area contributed by atoms with Crippen LogP contribution in [-0.4, -0.2) is 25.8 Å². The molecule has 1 rings (SSSR count). The number of carbonyl (C=O) groups excluding carboxylic acids is 1. The number of aryl methyl sites for hydroxylation is 2. The number of amides is 1. The number of nitrogens with one attached hydrogen (secondary N) is 2. The Hall–Kier alpha value is -1.71. The summed E-state index contributed by atoms with van der Waals surface area (Å²) < 4.78 is 4.75. The van der Waals surface area contributed by atoms with E-state index in [1.807, 2.05) is 0 Å². The van der Waals surface area contributed by atoms with E-state index >= 15 is 0 Å². The number of hydrogen-bond acceptors (Lipinski definition) is 3. The molecule has 0 saturated carbocycles. The van der Waals surface area contributed by atoms with Crippen molar-refractivity contribution in [2.75, 3.05) is 25.0 Å². The van der Waals surface area contributed by atoms with Gasteiger partial charge in [0.1, 0.15) is 0 Å². The standard InChI is InChI=1S/C13H20N2O2/c1-4-17-13(16)15-6-5-14-12-8-10(2)7-11(3)9-12/h7-9,14H,4-6H2,1-3H3,(H,15,16). The average molecular weight is 236 g/mol. The quantitative estimate of drug-likeness (QED) is 0.772. The molecule has 94 valence electrons. The Morgan fingerprint density at radius 3 is 2.41 bits per heavy atom. The summed E-state index contributed by atoms with van der Waals surface area (Å²) in [5.74, 6) is 0. The maximum atomic E-state index is 11.0. The third kappa shape index (κ3) is 5.24. The van der Waals surface area contributed by atoms with Crippen molar-refractivity contribution in [2.45, 2.75) is 20.8 Å². The number of ether oxygens (including phenoxy) is 1. The highest BCUT2D eigenvalue weighted by molar-refractivity contribution is 5.67. The number of alkyl carbamates (subject to hydrolysis) is 1. The Kier molecular flexibility index (Phi) is 5.33. The van der Waals surface area contributed by atoms with E-state index in [1.165, 1.54) is 11.1 Å². The summed E-state index contributed by atoms with van der Waals surface area (Å²) in [5.41, 5.74) is 3.53. The van der Waals surface area contributed by atoms with E-state index in [0.29, 0.717) is 19.7 Å². The van der Waals surface area contributed by atoms with Gasteiger partial charge in [-0.25, -0.2) is 4.79 Å². The normalized spacial score (nSPS) is 9.82. The van der Waals surface area contributed by atoms with Crippen molar-refractivity contribution in [3.8, 4) is 0 Å². The summed E-state index contributed by atoms with van der Waals surface area (Å²) in [6.07, 6.45) is -0.366. The lowest BCUT2D eigenvalue weighted by Crippen LogP contribution is -2.29. The zero-order chi connectivity index (χ0) is 12.7. The van der Waals surface area contributed by atoms with Gasteiger partial charge in [0.15, 0.2) is 0 Å². The predicted molar refractivity (Wildman–Crippen MR) is 69.4 cm³/mol. The van der Waals surface area contributed by atoms with Crippen molar-refractivity contribution < 1.29 is 9.53 Å². The first kappa shape index (κ1) is 13.4. The summed E-state index contributed by atoms with van der Waals surface area (Å²) in [7, 11) is 0. The average Bonchev–Trinajstić information content (AvgIpc) is 2.23. The van der Waals surface area contributed by atoms with Gasteiger partial charge in [-0.05, 0) is 44.0 Å². The molecule has 2 N–H and O–H groups in total. The molecule has 0 aliphatic heterocycles. The van der Waals surface area contributed by atoms with Crippen LogP contribution < -0.4 is 10.6 Å². The molecule has 17 heavy (non-hydrogen) atoms. The van der Waals surface area contributed by atoms with Crippen molar-refractivity contribution in [1.82, 2.24) is 5.32 Å². The Morgan fingerprint density at radius 1 is 1.18 bits per heavy atom. The van der Waals surface area contributed by atoms with Crippen LogP contribution in [-0.2, 0) is 4.74 Å². The highest BCUT2D eigenvalue weighted by Crippen LogP contribution is 2.12. The molecule has 0 radical (unpaired) electrons. The SMILES string of the molecule is CCOC(=O)NCCNc1cc(C)cc(C)c1. The third-order valence-corrected chi connectivity index (χ3v) is 2.22. The van der Waals surface area contributed by atoms with E-state index < -0.39 is 0 Å². The molecule has 0 bridgehead atoms. The second kappa shape index (κ2) is 6.78. The molecular weight excluding hydrogens is 216 g/mol. The van der Waals surface area contributed by atoms with Gasteiger partial charge in [-0.15, -0.1) is 0 Å². The molecule has 1 amide bonds. The highest BCUT2D eigenvalue weighted by atomic mass is 16.5. The van der Waals surface area contributed by atoms with E-state index in [0.717, 1.165) is 5.69 Å². The second-order valence-corrected chi connectivity index (χ2v) is 3.95. The minimum atomic E-state index is -0.366. The van der Waals surface area contributed by atoms with Crippen LogP contribution in [0.2, 0.25) is 0 Å². The van der Waals surface area contributed by atoms with Crippen LogP contribution in [0.4, 0.5) is 10.5 Å². The van der Waals surface area contributed by atoms with Gasteiger partial charge in [0.05, 0.1) is 6.61 Å². The van der Waals surface area contributed by atoms with Crippen LogP contribution in [0.15, 0.2) is 18.2 Å².